The fraction of sp³-hybridized carbons (Fsp3) is 0.414. The van der Waals surface area contributed by atoms with Crippen molar-refractivity contribution in [3.05, 3.63) is 84.5 Å². The number of carbonyl (C=O) groups is 1. The van der Waals surface area contributed by atoms with Crippen LogP contribution in [0, 0.1) is 5.92 Å². The molecule has 0 bridgehead atoms. The number of benzene rings is 2. The van der Waals surface area contributed by atoms with Crippen LogP contribution in [0.1, 0.15) is 68.9 Å². The van der Waals surface area contributed by atoms with E-state index in [2.05, 4.69) is 73.1 Å². The molecule has 0 heterocycles. The van der Waals surface area contributed by atoms with Crippen LogP contribution in [0.4, 0.5) is 0 Å². The summed E-state index contributed by atoms with van der Waals surface area (Å²) in [6.07, 6.45) is 11.8. The zero-order valence-corrected chi connectivity index (χ0v) is 19.0. The van der Waals surface area contributed by atoms with Gasteiger partial charge in [0.05, 0.1) is 0 Å². The van der Waals surface area contributed by atoms with E-state index in [1.165, 1.54) is 54.4 Å². The Hall–Kier alpha value is -2.61. The van der Waals surface area contributed by atoms with E-state index >= 15 is 0 Å². The summed E-state index contributed by atoms with van der Waals surface area (Å²) in [5, 5.41) is 2.89. The molecule has 1 N–H and O–H groups in total. The minimum absolute atomic E-state index is 0.0560. The monoisotopic (exact) mass is 415 g/mol. The van der Waals surface area contributed by atoms with Crippen molar-refractivity contribution in [1.29, 1.82) is 0 Å². The minimum Gasteiger partial charge on any atom is -0.352 e. The molecule has 2 aromatic rings. The molecule has 0 saturated heterocycles. The highest BCUT2D eigenvalue weighted by Gasteiger charge is 2.21. The van der Waals surface area contributed by atoms with Crippen molar-refractivity contribution in [2.45, 2.75) is 64.2 Å². The molecule has 2 heteroatoms. The fourth-order valence-corrected chi connectivity index (χ4v) is 4.59. The largest absolute Gasteiger partial charge is 0.352 e. The summed E-state index contributed by atoms with van der Waals surface area (Å²) in [6, 6.07) is 18.1. The van der Waals surface area contributed by atoms with Crippen LogP contribution in [0.15, 0.2) is 73.3 Å². The summed E-state index contributed by atoms with van der Waals surface area (Å²) in [4.78, 5) is 11.5. The molecule has 0 aliphatic heterocycles. The van der Waals surface area contributed by atoms with Crippen LogP contribution in [0.5, 0.6) is 0 Å². The third-order valence-corrected chi connectivity index (χ3v) is 6.61. The molecule has 0 aromatic heterocycles. The van der Waals surface area contributed by atoms with Crippen LogP contribution >= 0.6 is 0 Å². The number of hydrogen-bond acceptors (Lipinski definition) is 1. The van der Waals surface area contributed by atoms with Gasteiger partial charge in [-0.3, -0.25) is 4.79 Å². The number of allylic oxidation sites excluding steroid dienone is 1. The van der Waals surface area contributed by atoms with Gasteiger partial charge in [0.2, 0.25) is 5.91 Å². The van der Waals surface area contributed by atoms with E-state index in [4.69, 9.17) is 0 Å². The molecule has 0 unspecified atom stereocenters. The van der Waals surface area contributed by atoms with Crippen LogP contribution in [0.25, 0.3) is 11.1 Å². The van der Waals surface area contributed by atoms with Crippen LogP contribution in [0.3, 0.4) is 0 Å². The smallest absolute Gasteiger partial charge is 0.246 e. The highest BCUT2D eigenvalue weighted by Crippen LogP contribution is 2.38. The molecule has 3 rings (SSSR count). The van der Waals surface area contributed by atoms with E-state index in [0.29, 0.717) is 12.1 Å². The third-order valence-electron chi connectivity index (χ3n) is 6.61. The zero-order chi connectivity index (χ0) is 22.1. The average molecular weight is 416 g/mol. The highest BCUT2D eigenvalue weighted by atomic mass is 16.1. The molecule has 2 aromatic carbocycles. The maximum atomic E-state index is 11.5. The number of nitrogens with one attached hydrogen (secondary N) is 1. The normalized spacial score (nSPS) is 18.4. The molecule has 1 aliphatic rings. The number of carbonyl (C=O) groups excluding carboxylic acids is 1. The Morgan fingerprint density at radius 2 is 1.61 bits per heavy atom. The van der Waals surface area contributed by atoms with Gasteiger partial charge in [-0.2, -0.15) is 0 Å². The Labute approximate surface area is 188 Å². The van der Waals surface area contributed by atoms with Crippen LogP contribution in [-0.4, -0.2) is 12.5 Å². The van der Waals surface area contributed by atoms with Crippen molar-refractivity contribution in [1.82, 2.24) is 5.32 Å². The summed E-state index contributed by atoms with van der Waals surface area (Å²) in [6.45, 7) is 9.94. The Kier molecular flexibility index (Phi) is 8.70. The average Bonchev–Trinajstić information content (AvgIpc) is 2.81. The lowest BCUT2D eigenvalue weighted by Gasteiger charge is -2.28. The van der Waals surface area contributed by atoms with E-state index in [9.17, 15) is 4.79 Å². The lowest BCUT2D eigenvalue weighted by atomic mass is 9.77. The summed E-state index contributed by atoms with van der Waals surface area (Å²) in [5.41, 5.74) is 5.91. The van der Waals surface area contributed by atoms with Gasteiger partial charge in [-0.25, -0.2) is 0 Å². The second-order valence-electron chi connectivity index (χ2n) is 9.04. The standard InChI is InChI=1S/C29H37NO/c1-4-5-7-23-9-13-25(14-10-23)27-17-19-28(20-18-27)26-15-11-24(12-16-26)8-6-21-30-29(31)22(2)3/h4,11-12,15-20,23,25H,1-2,5-10,13-14,21H2,3H3,(H,30,31). The Balaban J connectivity index is 1.48. The summed E-state index contributed by atoms with van der Waals surface area (Å²) in [5.74, 6) is 1.57. The molecule has 1 saturated carbocycles. The second kappa shape index (κ2) is 11.7. The Morgan fingerprint density at radius 1 is 1.00 bits per heavy atom. The van der Waals surface area contributed by atoms with E-state index in [0.717, 1.165) is 31.1 Å². The highest BCUT2D eigenvalue weighted by molar-refractivity contribution is 5.92. The van der Waals surface area contributed by atoms with Crippen molar-refractivity contribution < 1.29 is 4.79 Å². The Bertz CT molecular complexity index is 855. The topological polar surface area (TPSA) is 29.1 Å². The molecule has 31 heavy (non-hydrogen) atoms. The first-order chi connectivity index (χ1) is 15.1. The molecule has 164 valence electrons. The summed E-state index contributed by atoms with van der Waals surface area (Å²) < 4.78 is 0. The third kappa shape index (κ3) is 6.95. The van der Waals surface area contributed by atoms with E-state index in [1.807, 2.05) is 0 Å². The van der Waals surface area contributed by atoms with Gasteiger partial charge in [0.1, 0.15) is 0 Å². The molecule has 2 nitrogen and oxygen atoms in total. The van der Waals surface area contributed by atoms with Gasteiger partial charge in [-0.15, -0.1) is 6.58 Å². The molecule has 0 atom stereocenters. The number of amides is 1. The van der Waals surface area contributed by atoms with Crippen LogP contribution in [0.2, 0.25) is 0 Å². The second-order valence-corrected chi connectivity index (χ2v) is 9.04. The van der Waals surface area contributed by atoms with Crippen LogP contribution < -0.4 is 5.32 Å². The predicted octanol–water partition coefficient (Wildman–Crippen LogP) is 7.22. The molecular weight excluding hydrogens is 378 g/mol. The zero-order valence-electron chi connectivity index (χ0n) is 19.0. The lowest BCUT2D eigenvalue weighted by molar-refractivity contribution is -0.117. The first kappa shape index (κ1) is 23.1. The van der Waals surface area contributed by atoms with Crippen molar-refractivity contribution in [3.63, 3.8) is 0 Å². The molecule has 1 amide bonds. The first-order valence-corrected chi connectivity index (χ1v) is 11.8. The summed E-state index contributed by atoms with van der Waals surface area (Å²) >= 11 is 0. The van der Waals surface area contributed by atoms with Crippen molar-refractivity contribution >= 4 is 5.91 Å². The van der Waals surface area contributed by atoms with Gasteiger partial charge >= 0.3 is 0 Å². The molecule has 1 fully saturated rings. The van der Waals surface area contributed by atoms with Gasteiger partial charge in [0, 0.05) is 12.1 Å². The fourth-order valence-electron chi connectivity index (χ4n) is 4.59. The lowest BCUT2D eigenvalue weighted by Crippen LogP contribution is -2.24. The summed E-state index contributed by atoms with van der Waals surface area (Å²) in [7, 11) is 0. The van der Waals surface area contributed by atoms with Gasteiger partial charge in [-0.05, 0) is 92.4 Å². The maximum absolute atomic E-state index is 11.5. The Morgan fingerprint density at radius 3 is 2.19 bits per heavy atom. The van der Waals surface area contributed by atoms with Crippen molar-refractivity contribution in [3.8, 4) is 11.1 Å². The molecule has 0 radical (unpaired) electrons. The maximum Gasteiger partial charge on any atom is 0.246 e. The van der Waals surface area contributed by atoms with Gasteiger partial charge in [0.25, 0.3) is 0 Å². The molecule has 1 aliphatic carbocycles. The van der Waals surface area contributed by atoms with E-state index in [-0.39, 0.29) is 5.91 Å². The predicted molar refractivity (Wildman–Crippen MR) is 132 cm³/mol. The van der Waals surface area contributed by atoms with Crippen molar-refractivity contribution in [2.24, 2.45) is 5.92 Å². The molecular formula is C29H37NO. The van der Waals surface area contributed by atoms with E-state index in [1.54, 1.807) is 6.92 Å². The number of rotatable bonds is 10. The van der Waals surface area contributed by atoms with E-state index < -0.39 is 0 Å². The minimum atomic E-state index is -0.0560. The van der Waals surface area contributed by atoms with Gasteiger partial charge < -0.3 is 5.32 Å². The quantitative estimate of drug-likeness (QED) is 0.248. The van der Waals surface area contributed by atoms with Crippen LogP contribution in [-0.2, 0) is 11.2 Å². The SMILES string of the molecule is C=CCCC1CCC(c2ccc(-c3ccc(CCCNC(=O)C(=C)C)cc3)cc2)CC1. The number of hydrogen-bond donors (Lipinski definition) is 1. The van der Waals surface area contributed by atoms with Gasteiger partial charge in [0.15, 0.2) is 0 Å². The first-order valence-electron chi connectivity index (χ1n) is 11.8. The van der Waals surface area contributed by atoms with Crippen molar-refractivity contribution in [2.75, 3.05) is 6.54 Å². The van der Waals surface area contributed by atoms with Gasteiger partial charge in [-0.1, -0.05) is 61.2 Å². The molecule has 0 spiro atoms. The number of aryl methyl sites for hydroxylation is 1.